The van der Waals surface area contributed by atoms with Crippen molar-refractivity contribution in [2.75, 3.05) is 51.8 Å². The maximum absolute atomic E-state index is 12.3. The van der Waals surface area contributed by atoms with Gasteiger partial charge < -0.3 is 19.9 Å². The lowest BCUT2D eigenvalue weighted by molar-refractivity contribution is -0.862. The second kappa shape index (κ2) is 8.09. The van der Waals surface area contributed by atoms with Crippen LogP contribution in [0.1, 0.15) is 0 Å². The normalized spacial score (nSPS) is 15.8. The molecule has 0 radical (unpaired) electrons. The van der Waals surface area contributed by atoms with E-state index in [1.54, 1.807) is 4.90 Å². The number of nitrogens with one attached hydrogen (secondary N) is 2. The second-order valence-electron chi connectivity index (χ2n) is 6.38. The number of benzene rings is 2. The standard InChI is InChI=1S/C19H23N3O3/c1-21(14-19(24)22-9-11-25-12-10-22)13-18(23)20-17-8-4-6-15-5-2-3-7-16(15)17/h2-8H,9-14H2,1H3,(H,20,23)/p+1. The second-order valence-corrected chi connectivity index (χ2v) is 6.38. The molecule has 0 bridgehead atoms. The topological polar surface area (TPSA) is 63.1 Å². The van der Waals surface area contributed by atoms with Crippen LogP contribution in [0.25, 0.3) is 10.8 Å². The molecule has 1 saturated heterocycles. The maximum Gasteiger partial charge on any atom is 0.279 e. The van der Waals surface area contributed by atoms with Crippen molar-refractivity contribution in [2.45, 2.75) is 0 Å². The monoisotopic (exact) mass is 342 g/mol. The molecule has 3 rings (SSSR count). The van der Waals surface area contributed by atoms with E-state index in [-0.39, 0.29) is 18.4 Å². The van der Waals surface area contributed by atoms with E-state index in [4.69, 9.17) is 4.74 Å². The number of hydrogen-bond acceptors (Lipinski definition) is 3. The number of rotatable bonds is 5. The Kier molecular flexibility index (Phi) is 5.63. The van der Waals surface area contributed by atoms with E-state index in [1.165, 1.54) is 0 Å². The summed E-state index contributed by atoms with van der Waals surface area (Å²) in [4.78, 5) is 27.3. The minimum Gasteiger partial charge on any atom is -0.378 e. The Balaban J connectivity index is 1.55. The van der Waals surface area contributed by atoms with Crippen molar-refractivity contribution in [2.24, 2.45) is 0 Å². The van der Waals surface area contributed by atoms with E-state index >= 15 is 0 Å². The molecule has 0 saturated carbocycles. The first kappa shape index (κ1) is 17.4. The Morgan fingerprint density at radius 3 is 2.60 bits per heavy atom. The Labute approximate surface area is 147 Å². The molecule has 2 N–H and O–H groups in total. The number of anilines is 1. The first-order valence-corrected chi connectivity index (χ1v) is 8.58. The van der Waals surface area contributed by atoms with E-state index in [2.05, 4.69) is 5.32 Å². The Bertz CT molecular complexity index is 751. The first-order chi connectivity index (χ1) is 12.1. The highest BCUT2D eigenvalue weighted by molar-refractivity contribution is 6.02. The average molecular weight is 342 g/mol. The number of carbonyl (C=O) groups is 2. The summed E-state index contributed by atoms with van der Waals surface area (Å²) in [7, 11) is 1.86. The third kappa shape index (κ3) is 4.55. The van der Waals surface area contributed by atoms with Gasteiger partial charge in [0.2, 0.25) is 0 Å². The van der Waals surface area contributed by atoms with Crippen molar-refractivity contribution < 1.29 is 19.2 Å². The van der Waals surface area contributed by atoms with Crippen molar-refractivity contribution >= 4 is 28.3 Å². The molecular formula is C19H24N3O3+. The van der Waals surface area contributed by atoms with E-state index in [0.717, 1.165) is 21.4 Å². The lowest BCUT2D eigenvalue weighted by Crippen LogP contribution is -3.11. The maximum atomic E-state index is 12.3. The van der Waals surface area contributed by atoms with Crippen LogP contribution in [0.5, 0.6) is 0 Å². The zero-order valence-electron chi connectivity index (χ0n) is 14.5. The highest BCUT2D eigenvalue weighted by Crippen LogP contribution is 2.22. The van der Waals surface area contributed by atoms with Crippen LogP contribution in [0.2, 0.25) is 0 Å². The number of carbonyl (C=O) groups excluding carboxylic acids is 2. The SMILES string of the molecule is C[NH+](CC(=O)Nc1cccc2ccccc12)CC(=O)N1CCOCC1. The molecule has 0 aliphatic carbocycles. The summed E-state index contributed by atoms with van der Waals surface area (Å²) in [5.74, 6) is -0.0256. The Morgan fingerprint density at radius 2 is 1.80 bits per heavy atom. The Hall–Kier alpha value is -2.44. The molecule has 2 amide bonds. The summed E-state index contributed by atoms with van der Waals surface area (Å²) < 4.78 is 5.26. The van der Waals surface area contributed by atoms with Crippen molar-refractivity contribution in [3.05, 3.63) is 42.5 Å². The van der Waals surface area contributed by atoms with Crippen LogP contribution in [-0.2, 0) is 14.3 Å². The van der Waals surface area contributed by atoms with Gasteiger partial charge in [-0.3, -0.25) is 9.59 Å². The molecule has 0 aromatic heterocycles. The molecule has 6 nitrogen and oxygen atoms in total. The number of likely N-dealkylation sites (N-methyl/N-ethyl adjacent to an activating group) is 1. The number of amides is 2. The lowest BCUT2D eigenvalue weighted by atomic mass is 10.1. The molecule has 1 aliphatic heterocycles. The fourth-order valence-electron chi connectivity index (χ4n) is 3.05. The lowest BCUT2D eigenvalue weighted by Gasteiger charge is -2.27. The fourth-order valence-corrected chi connectivity index (χ4v) is 3.05. The number of morpholine rings is 1. The highest BCUT2D eigenvalue weighted by Gasteiger charge is 2.21. The van der Waals surface area contributed by atoms with E-state index in [9.17, 15) is 9.59 Å². The van der Waals surface area contributed by atoms with Gasteiger partial charge in [-0.25, -0.2) is 0 Å². The van der Waals surface area contributed by atoms with Gasteiger partial charge in [0.25, 0.3) is 11.8 Å². The third-order valence-electron chi connectivity index (χ3n) is 4.34. The van der Waals surface area contributed by atoms with E-state index in [0.29, 0.717) is 32.8 Å². The van der Waals surface area contributed by atoms with Crippen LogP contribution >= 0.6 is 0 Å². The predicted octanol–water partition coefficient (Wildman–Crippen LogP) is 0.152. The molecular weight excluding hydrogens is 318 g/mol. The molecule has 1 unspecified atom stereocenters. The van der Waals surface area contributed by atoms with Crippen LogP contribution in [-0.4, -0.2) is 63.2 Å². The van der Waals surface area contributed by atoms with Gasteiger partial charge in [0.15, 0.2) is 13.1 Å². The largest absolute Gasteiger partial charge is 0.378 e. The molecule has 0 spiro atoms. The number of quaternary nitrogens is 1. The zero-order valence-corrected chi connectivity index (χ0v) is 14.5. The Morgan fingerprint density at radius 1 is 1.08 bits per heavy atom. The van der Waals surface area contributed by atoms with Crippen LogP contribution in [0.4, 0.5) is 5.69 Å². The summed E-state index contributed by atoms with van der Waals surface area (Å²) in [6, 6.07) is 13.8. The van der Waals surface area contributed by atoms with Gasteiger partial charge >= 0.3 is 0 Å². The minimum atomic E-state index is -0.0939. The smallest absolute Gasteiger partial charge is 0.279 e. The van der Waals surface area contributed by atoms with E-state index in [1.807, 2.05) is 49.5 Å². The summed E-state index contributed by atoms with van der Waals surface area (Å²) in [6.07, 6.45) is 0. The molecule has 1 fully saturated rings. The summed E-state index contributed by atoms with van der Waals surface area (Å²) in [5.41, 5.74) is 0.801. The summed E-state index contributed by atoms with van der Waals surface area (Å²) in [5, 5.41) is 5.06. The average Bonchev–Trinajstić information content (AvgIpc) is 2.62. The molecule has 1 heterocycles. The van der Waals surface area contributed by atoms with Gasteiger partial charge in [-0.15, -0.1) is 0 Å². The van der Waals surface area contributed by atoms with E-state index < -0.39 is 0 Å². The van der Waals surface area contributed by atoms with Crippen molar-refractivity contribution in [3.63, 3.8) is 0 Å². The molecule has 132 valence electrons. The highest BCUT2D eigenvalue weighted by atomic mass is 16.5. The molecule has 1 atom stereocenters. The van der Waals surface area contributed by atoms with Gasteiger partial charge in [-0.05, 0) is 11.5 Å². The fraction of sp³-hybridized carbons (Fsp3) is 0.368. The quantitative estimate of drug-likeness (QED) is 0.813. The first-order valence-electron chi connectivity index (χ1n) is 8.58. The van der Waals surface area contributed by atoms with Crippen LogP contribution < -0.4 is 10.2 Å². The van der Waals surface area contributed by atoms with Crippen molar-refractivity contribution in [3.8, 4) is 0 Å². The van der Waals surface area contributed by atoms with Gasteiger partial charge in [0.05, 0.1) is 20.3 Å². The van der Waals surface area contributed by atoms with Crippen LogP contribution in [0.15, 0.2) is 42.5 Å². The van der Waals surface area contributed by atoms with Crippen molar-refractivity contribution in [1.29, 1.82) is 0 Å². The number of ether oxygens (including phenoxy) is 1. The summed E-state index contributed by atoms with van der Waals surface area (Å²) >= 11 is 0. The minimum absolute atomic E-state index is 0.0683. The van der Waals surface area contributed by atoms with Gasteiger partial charge in [-0.2, -0.15) is 0 Å². The van der Waals surface area contributed by atoms with Gasteiger partial charge in [0, 0.05) is 24.2 Å². The molecule has 6 heteroatoms. The molecule has 2 aromatic rings. The number of fused-ring (bicyclic) bond motifs is 1. The molecule has 1 aliphatic rings. The van der Waals surface area contributed by atoms with Crippen LogP contribution in [0, 0.1) is 0 Å². The third-order valence-corrected chi connectivity index (χ3v) is 4.34. The van der Waals surface area contributed by atoms with Gasteiger partial charge in [0.1, 0.15) is 0 Å². The van der Waals surface area contributed by atoms with Crippen molar-refractivity contribution in [1.82, 2.24) is 4.90 Å². The summed E-state index contributed by atoms with van der Waals surface area (Å²) in [6.45, 7) is 3.00. The zero-order chi connectivity index (χ0) is 17.6. The molecule has 2 aromatic carbocycles. The van der Waals surface area contributed by atoms with Crippen LogP contribution in [0.3, 0.4) is 0 Å². The number of nitrogens with zero attached hydrogens (tertiary/aromatic N) is 1. The van der Waals surface area contributed by atoms with Gasteiger partial charge in [-0.1, -0.05) is 36.4 Å². The number of hydrogen-bond donors (Lipinski definition) is 2. The predicted molar refractivity (Wildman–Crippen MR) is 96.6 cm³/mol. The molecule has 25 heavy (non-hydrogen) atoms.